The summed E-state index contributed by atoms with van der Waals surface area (Å²) in [5, 5.41) is 8.00. The average Bonchev–Trinajstić information content (AvgIpc) is 3.00. The Balaban J connectivity index is 1.71. The molecule has 2 aromatic rings. The molecule has 0 amide bonds. The van der Waals surface area contributed by atoms with Gasteiger partial charge in [-0.2, -0.15) is 5.10 Å². The zero-order chi connectivity index (χ0) is 17.4. The number of rotatable bonds is 10. The molecule has 2 rings (SSSR count). The van der Waals surface area contributed by atoms with Gasteiger partial charge in [-0.05, 0) is 37.0 Å². The first-order valence-corrected chi connectivity index (χ1v) is 8.66. The van der Waals surface area contributed by atoms with Gasteiger partial charge in [0.15, 0.2) is 0 Å². The number of benzene rings is 1. The van der Waals surface area contributed by atoms with Gasteiger partial charge in [-0.3, -0.25) is 5.10 Å². The van der Waals surface area contributed by atoms with Crippen molar-refractivity contribution < 1.29 is 14.2 Å². The van der Waals surface area contributed by atoms with Crippen molar-refractivity contribution in [1.29, 1.82) is 0 Å². The molecule has 0 atom stereocenters. The van der Waals surface area contributed by atoms with Crippen molar-refractivity contribution in [2.45, 2.75) is 33.1 Å². The standard InChI is InChI=1S/C18H25ClN2O3/c1-4-16-14(17(5-2)21-20-16)8-9-23-10-11-24-18-7-6-13(22-3)12-15(18)19/h6-7,12H,4-5,8-11H2,1-3H3,(H,20,21). The van der Waals surface area contributed by atoms with Gasteiger partial charge in [0.05, 0.1) is 31.0 Å². The molecule has 0 aliphatic rings. The number of methoxy groups -OCH3 is 1. The Hall–Kier alpha value is -1.72. The quantitative estimate of drug-likeness (QED) is 0.660. The van der Waals surface area contributed by atoms with Gasteiger partial charge in [0.25, 0.3) is 0 Å². The molecule has 0 bridgehead atoms. The summed E-state index contributed by atoms with van der Waals surface area (Å²) in [6.45, 7) is 5.87. The van der Waals surface area contributed by atoms with Crippen molar-refractivity contribution in [2.75, 3.05) is 26.9 Å². The summed E-state index contributed by atoms with van der Waals surface area (Å²) in [5.74, 6) is 1.35. The fraction of sp³-hybridized carbons (Fsp3) is 0.500. The Morgan fingerprint density at radius 2 is 1.96 bits per heavy atom. The number of hydrogen-bond acceptors (Lipinski definition) is 4. The lowest BCUT2D eigenvalue weighted by molar-refractivity contribution is 0.102. The largest absolute Gasteiger partial charge is 0.497 e. The maximum atomic E-state index is 6.13. The predicted octanol–water partition coefficient (Wildman–Crippen LogP) is 3.83. The second-order valence-electron chi connectivity index (χ2n) is 5.34. The van der Waals surface area contributed by atoms with Gasteiger partial charge in [-0.15, -0.1) is 0 Å². The number of nitrogens with zero attached hydrogens (tertiary/aromatic N) is 1. The summed E-state index contributed by atoms with van der Waals surface area (Å²) in [5.41, 5.74) is 3.63. The Kier molecular flexibility index (Phi) is 7.40. The number of aryl methyl sites for hydroxylation is 2. The van der Waals surface area contributed by atoms with Crippen LogP contribution in [0, 0.1) is 0 Å². The van der Waals surface area contributed by atoms with E-state index in [1.54, 1.807) is 19.2 Å². The minimum absolute atomic E-state index is 0.457. The number of halogens is 1. The Morgan fingerprint density at radius 3 is 2.62 bits per heavy atom. The van der Waals surface area contributed by atoms with Crippen LogP contribution in [-0.4, -0.2) is 37.1 Å². The molecular formula is C18H25ClN2O3. The van der Waals surface area contributed by atoms with Crippen LogP contribution in [0.5, 0.6) is 11.5 Å². The molecule has 1 N–H and O–H groups in total. The lowest BCUT2D eigenvalue weighted by atomic mass is 10.1. The topological polar surface area (TPSA) is 56.4 Å². The highest BCUT2D eigenvalue weighted by Crippen LogP contribution is 2.28. The van der Waals surface area contributed by atoms with Crippen molar-refractivity contribution in [2.24, 2.45) is 0 Å². The van der Waals surface area contributed by atoms with Crippen molar-refractivity contribution in [3.05, 3.63) is 40.2 Å². The molecule has 0 unspecified atom stereocenters. The maximum absolute atomic E-state index is 6.13. The maximum Gasteiger partial charge on any atom is 0.138 e. The summed E-state index contributed by atoms with van der Waals surface area (Å²) in [6.07, 6.45) is 2.76. The van der Waals surface area contributed by atoms with E-state index in [0.29, 0.717) is 36.3 Å². The number of nitrogens with one attached hydrogen (secondary N) is 1. The minimum Gasteiger partial charge on any atom is -0.497 e. The van der Waals surface area contributed by atoms with E-state index >= 15 is 0 Å². The lowest BCUT2D eigenvalue weighted by Gasteiger charge is -2.10. The molecular weight excluding hydrogens is 328 g/mol. The van der Waals surface area contributed by atoms with E-state index in [4.69, 9.17) is 25.8 Å². The normalized spacial score (nSPS) is 10.8. The molecule has 1 aromatic carbocycles. The van der Waals surface area contributed by atoms with Crippen LogP contribution in [0.2, 0.25) is 5.02 Å². The highest BCUT2D eigenvalue weighted by molar-refractivity contribution is 6.32. The van der Waals surface area contributed by atoms with Crippen molar-refractivity contribution in [3.63, 3.8) is 0 Å². The van der Waals surface area contributed by atoms with Crippen LogP contribution < -0.4 is 9.47 Å². The molecule has 0 radical (unpaired) electrons. The van der Waals surface area contributed by atoms with Crippen LogP contribution >= 0.6 is 11.6 Å². The molecule has 0 aliphatic heterocycles. The van der Waals surface area contributed by atoms with Gasteiger partial charge in [-0.1, -0.05) is 25.4 Å². The molecule has 0 fully saturated rings. The average molecular weight is 353 g/mol. The van der Waals surface area contributed by atoms with E-state index < -0.39 is 0 Å². The third-order valence-corrected chi connectivity index (χ3v) is 4.14. The second kappa shape index (κ2) is 9.55. The third-order valence-electron chi connectivity index (χ3n) is 3.85. The number of H-pyrrole nitrogens is 1. The van der Waals surface area contributed by atoms with E-state index in [2.05, 4.69) is 24.0 Å². The Labute approximate surface area is 148 Å². The van der Waals surface area contributed by atoms with Gasteiger partial charge in [0.2, 0.25) is 0 Å². The smallest absolute Gasteiger partial charge is 0.138 e. The van der Waals surface area contributed by atoms with E-state index in [9.17, 15) is 0 Å². The van der Waals surface area contributed by atoms with Gasteiger partial charge in [0.1, 0.15) is 18.1 Å². The van der Waals surface area contributed by atoms with Crippen molar-refractivity contribution in [1.82, 2.24) is 10.2 Å². The fourth-order valence-corrected chi connectivity index (χ4v) is 2.76. The number of hydrogen-bond donors (Lipinski definition) is 1. The fourth-order valence-electron chi connectivity index (χ4n) is 2.54. The van der Waals surface area contributed by atoms with Gasteiger partial charge in [0, 0.05) is 11.8 Å². The number of ether oxygens (including phenoxy) is 3. The summed E-state index contributed by atoms with van der Waals surface area (Å²) in [7, 11) is 1.61. The van der Waals surface area contributed by atoms with E-state index in [0.717, 1.165) is 25.0 Å². The van der Waals surface area contributed by atoms with Crippen molar-refractivity contribution in [3.8, 4) is 11.5 Å². The minimum atomic E-state index is 0.457. The van der Waals surface area contributed by atoms with E-state index in [-0.39, 0.29) is 0 Å². The molecule has 1 aromatic heterocycles. The molecule has 6 heteroatoms. The summed E-state index contributed by atoms with van der Waals surface area (Å²) < 4.78 is 16.4. The van der Waals surface area contributed by atoms with Crippen LogP contribution in [0.3, 0.4) is 0 Å². The van der Waals surface area contributed by atoms with Crippen LogP contribution in [0.15, 0.2) is 18.2 Å². The van der Waals surface area contributed by atoms with Crippen molar-refractivity contribution >= 4 is 11.6 Å². The first-order valence-electron chi connectivity index (χ1n) is 8.28. The first-order chi connectivity index (χ1) is 11.7. The molecule has 1 heterocycles. The first kappa shape index (κ1) is 18.6. The van der Waals surface area contributed by atoms with Crippen LogP contribution in [0.25, 0.3) is 0 Å². The number of aromatic amines is 1. The molecule has 24 heavy (non-hydrogen) atoms. The van der Waals surface area contributed by atoms with E-state index in [1.165, 1.54) is 11.3 Å². The molecule has 0 aliphatic carbocycles. The molecule has 132 valence electrons. The highest BCUT2D eigenvalue weighted by atomic mass is 35.5. The highest BCUT2D eigenvalue weighted by Gasteiger charge is 2.10. The van der Waals surface area contributed by atoms with Crippen LogP contribution in [-0.2, 0) is 24.0 Å². The predicted molar refractivity (Wildman–Crippen MR) is 95.4 cm³/mol. The monoisotopic (exact) mass is 352 g/mol. The molecule has 0 saturated carbocycles. The third kappa shape index (κ3) is 4.89. The van der Waals surface area contributed by atoms with Gasteiger partial charge in [-0.25, -0.2) is 0 Å². The summed E-state index contributed by atoms with van der Waals surface area (Å²) in [6, 6.07) is 5.35. The molecule has 5 nitrogen and oxygen atoms in total. The number of aromatic nitrogens is 2. The van der Waals surface area contributed by atoms with Crippen LogP contribution in [0.4, 0.5) is 0 Å². The lowest BCUT2D eigenvalue weighted by Crippen LogP contribution is -2.10. The zero-order valence-electron chi connectivity index (χ0n) is 14.5. The Morgan fingerprint density at radius 1 is 1.12 bits per heavy atom. The zero-order valence-corrected chi connectivity index (χ0v) is 15.3. The van der Waals surface area contributed by atoms with E-state index in [1.807, 2.05) is 6.07 Å². The van der Waals surface area contributed by atoms with Gasteiger partial charge < -0.3 is 14.2 Å². The molecule has 0 saturated heterocycles. The van der Waals surface area contributed by atoms with Crippen LogP contribution in [0.1, 0.15) is 30.8 Å². The Bertz CT molecular complexity index is 622. The molecule has 0 spiro atoms. The SMILES string of the molecule is CCc1n[nH]c(CC)c1CCOCCOc1ccc(OC)cc1Cl. The van der Waals surface area contributed by atoms with Gasteiger partial charge >= 0.3 is 0 Å². The second-order valence-corrected chi connectivity index (χ2v) is 5.75. The summed E-state index contributed by atoms with van der Waals surface area (Å²) >= 11 is 6.13. The summed E-state index contributed by atoms with van der Waals surface area (Å²) in [4.78, 5) is 0.